The van der Waals surface area contributed by atoms with E-state index in [2.05, 4.69) is 21.3 Å². The quantitative estimate of drug-likeness (QED) is 0.226. The molecule has 0 spiro atoms. The number of amides is 4. The van der Waals surface area contributed by atoms with Gasteiger partial charge in [0.25, 0.3) is 0 Å². The molecule has 0 saturated heterocycles. The summed E-state index contributed by atoms with van der Waals surface area (Å²) < 4.78 is 0. The topological polar surface area (TPSA) is 313 Å². The van der Waals surface area contributed by atoms with E-state index in [9.17, 15) is 39.0 Å². The summed E-state index contributed by atoms with van der Waals surface area (Å²) in [6, 6.07) is 0. The Morgan fingerprint density at radius 3 is 1.17 bits per heavy atom. The summed E-state index contributed by atoms with van der Waals surface area (Å²) in [5.41, 5.74) is 9.84. The van der Waals surface area contributed by atoms with Crippen molar-refractivity contribution in [3.05, 3.63) is 10.6 Å². The Labute approximate surface area is 194 Å². The van der Waals surface area contributed by atoms with Crippen LogP contribution < -0.4 is 32.3 Å². The number of nitrogens with one attached hydrogen (secondary N) is 2. The van der Waals surface area contributed by atoms with Crippen LogP contribution in [-0.2, 0) is 28.8 Å². The third-order valence-corrected chi connectivity index (χ3v) is 2.01. The van der Waals surface area contributed by atoms with E-state index < -0.39 is 48.7 Å². The standard InChI is InChI=1S/2C6H11N3O4.Ca.2H2O/c2*7-1-4(10)8-2-5(11)9-3-6(12)13;;;/h2*1-3,7H2,(H3,8,9,10,11,12,13);;2*1H2/q;;+2;;/p-6. The van der Waals surface area contributed by atoms with Crippen molar-refractivity contribution in [3.63, 3.8) is 0 Å². The molecule has 0 fully saturated rings. The fourth-order valence-corrected chi connectivity index (χ4v) is 0.910. The van der Waals surface area contributed by atoms with Crippen LogP contribution in [-0.4, -0.2) is 124 Å². The molecule has 0 radical (unpaired) electrons. The molecule has 0 atom stereocenters. The second-order valence-corrected chi connectivity index (χ2v) is 4.13. The van der Waals surface area contributed by atoms with Gasteiger partial charge in [0.1, 0.15) is 0 Å². The van der Waals surface area contributed by atoms with Gasteiger partial charge in [0, 0.05) is 11.9 Å². The summed E-state index contributed by atoms with van der Waals surface area (Å²) >= 11 is 0. The number of nitrogens with zero attached hydrogens (tertiary/aromatic N) is 2. The molecule has 0 heterocycles. The molecule has 17 heteroatoms. The number of aliphatic carboxylic acids is 2. The van der Waals surface area contributed by atoms with Gasteiger partial charge in [0.2, 0.25) is 11.8 Å². The Bertz CT molecular complexity index is 487. The molecular weight excluding hydrogens is 428 g/mol. The minimum absolute atomic E-state index is 0. The Kier molecular flexibility index (Phi) is 31.1. The number of nitrogens with two attached hydrogens (primary N) is 2. The van der Waals surface area contributed by atoms with Crippen LogP contribution in [0.2, 0.25) is 0 Å². The van der Waals surface area contributed by atoms with E-state index in [4.69, 9.17) is 11.5 Å². The summed E-state index contributed by atoms with van der Waals surface area (Å²) in [5.74, 6) is -5.36. The zero-order chi connectivity index (χ0) is 20.5. The maximum Gasteiger partial charge on any atom is 2.00 e. The summed E-state index contributed by atoms with van der Waals surface area (Å²) in [6.45, 7) is -2.54. The van der Waals surface area contributed by atoms with Crippen molar-refractivity contribution < 1.29 is 49.9 Å². The summed E-state index contributed by atoms with van der Waals surface area (Å²) in [6.07, 6.45) is 0. The molecule has 16 nitrogen and oxygen atoms in total. The zero-order valence-corrected chi connectivity index (χ0v) is 17.4. The van der Waals surface area contributed by atoms with Crippen molar-refractivity contribution in [1.82, 2.24) is 10.6 Å². The normalized spacial score (nSPS) is 8.07. The number of hydrogen-bond donors (Lipinski definition) is 4. The molecule has 29 heavy (non-hydrogen) atoms. The van der Waals surface area contributed by atoms with E-state index >= 15 is 0 Å². The minimum Gasteiger partial charge on any atom is -0.870 e. The zero-order valence-electron chi connectivity index (χ0n) is 15.2. The van der Waals surface area contributed by atoms with Crippen molar-refractivity contribution in [2.75, 3.05) is 39.3 Å². The fourth-order valence-electron chi connectivity index (χ4n) is 0.910. The van der Waals surface area contributed by atoms with Crippen LogP contribution in [0.5, 0.6) is 0 Å². The minimum atomic E-state index is -1.45. The molecule has 164 valence electrons. The number of carboxylic acid groups (broad SMARTS) is 2. The van der Waals surface area contributed by atoms with Crippen molar-refractivity contribution >= 4 is 73.3 Å². The molecule has 0 rings (SSSR count). The molecule has 0 unspecified atom stereocenters. The predicted molar refractivity (Wildman–Crippen MR) is 90.2 cm³/mol. The first kappa shape index (κ1) is 37.6. The number of carbonyl (C=O) groups excluding carboxylic acids is 6. The SMILES string of the molecule is NCC(=O)NCC(=O)[N-]CC(=O)[O-].NCC(=O)NCC(=O)[N-]CC(=O)[O-].[Ca+2].[OH-].[OH-]. The maximum atomic E-state index is 10.7. The Balaban J connectivity index is -0.000000120. The molecular formula is C12H20CaN6O10-4. The maximum absolute atomic E-state index is 10.7. The second kappa shape index (κ2) is 24.0. The van der Waals surface area contributed by atoms with Gasteiger partial charge < -0.3 is 73.1 Å². The Morgan fingerprint density at radius 1 is 0.690 bits per heavy atom. The molecule has 0 aliphatic carbocycles. The molecule has 0 aromatic rings. The molecule has 8 N–H and O–H groups in total. The molecule has 0 bridgehead atoms. The van der Waals surface area contributed by atoms with E-state index in [1.54, 1.807) is 0 Å². The number of hydrogen-bond acceptors (Lipinski definition) is 12. The largest absolute Gasteiger partial charge is 2.00 e. The second-order valence-electron chi connectivity index (χ2n) is 4.13. The Morgan fingerprint density at radius 2 is 0.966 bits per heavy atom. The smallest absolute Gasteiger partial charge is 0.870 e. The predicted octanol–water partition coefficient (Wildman–Crippen LogP) is -7.31. The van der Waals surface area contributed by atoms with Crippen LogP contribution >= 0.6 is 0 Å². The van der Waals surface area contributed by atoms with Crippen LogP contribution in [0.3, 0.4) is 0 Å². The van der Waals surface area contributed by atoms with Gasteiger partial charge in [0.05, 0.1) is 38.0 Å². The molecule has 0 saturated carbocycles. The van der Waals surface area contributed by atoms with Gasteiger partial charge in [-0.05, 0) is 0 Å². The van der Waals surface area contributed by atoms with Crippen LogP contribution in [0.25, 0.3) is 10.6 Å². The van der Waals surface area contributed by atoms with Crippen molar-refractivity contribution in [2.45, 2.75) is 0 Å². The third-order valence-electron chi connectivity index (χ3n) is 2.01. The van der Waals surface area contributed by atoms with Crippen molar-refractivity contribution in [3.8, 4) is 0 Å². The van der Waals surface area contributed by atoms with Crippen molar-refractivity contribution in [2.24, 2.45) is 11.5 Å². The number of rotatable bonds is 10. The third kappa shape index (κ3) is 30.9. The van der Waals surface area contributed by atoms with E-state index in [0.29, 0.717) is 0 Å². The van der Waals surface area contributed by atoms with Gasteiger partial charge in [0.15, 0.2) is 0 Å². The average Bonchev–Trinajstić information content (AvgIpc) is 2.60. The summed E-state index contributed by atoms with van der Waals surface area (Å²) in [4.78, 5) is 62.0. The summed E-state index contributed by atoms with van der Waals surface area (Å²) in [7, 11) is 0. The van der Waals surface area contributed by atoms with E-state index in [0.717, 1.165) is 0 Å². The number of carboxylic acids is 2. The molecule has 4 amide bonds. The van der Waals surface area contributed by atoms with E-state index in [1.165, 1.54) is 0 Å². The van der Waals surface area contributed by atoms with Crippen LogP contribution in [0.4, 0.5) is 0 Å². The van der Waals surface area contributed by atoms with Crippen LogP contribution in [0, 0.1) is 0 Å². The van der Waals surface area contributed by atoms with Crippen LogP contribution in [0.15, 0.2) is 0 Å². The van der Waals surface area contributed by atoms with Gasteiger partial charge in [-0.25, -0.2) is 0 Å². The van der Waals surface area contributed by atoms with E-state index in [-0.39, 0.29) is 74.9 Å². The average molecular weight is 448 g/mol. The summed E-state index contributed by atoms with van der Waals surface area (Å²) in [5, 5.41) is 30.1. The first-order valence-corrected chi connectivity index (χ1v) is 6.86. The first-order valence-electron chi connectivity index (χ1n) is 6.86. The van der Waals surface area contributed by atoms with E-state index in [1.807, 2.05) is 0 Å². The van der Waals surface area contributed by atoms with Gasteiger partial charge in [-0.3, -0.25) is 9.59 Å². The van der Waals surface area contributed by atoms with Gasteiger partial charge in [-0.2, -0.15) is 0 Å². The fraction of sp³-hybridized carbons (Fsp3) is 0.500. The van der Waals surface area contributed by atoms with Gasteiger partial charge >= 0.3 is 37.7 Å². The van der Waals surface area contributed by atoms with Gasteiger partial charge in [-0.15, -0.1) is 0 Å². The molecule has 0 aromatic heterocycles. The number of carbonyl (C=O) groups is 6. The molecule has 0 aliphatic heterocycles. The molecule has 0 aromatic carbocycles. The van der Waals surface area contributed by atoms with Crippen LogP contribution in [0.1, 0.15) is 0 Å². The van der Waals surface area contributed by atoms with Gasteiger partial charge in [-0.1, -0.05) is 13.1 Å². The molecule has 0 aliphatic rings. The van der Waals surface area contributed by atoms with Crippen molar-refractivity contribution in [1.29, 1.82) is 0 Å². The Hall–Kier alpha value is -2.08. The first-order chi connectivity index (χ1) is 12.1. The monoisotopic (exact) mass is 448 g/mol.